The lowest BCUT2D eigenvalue weighted by Crippen LogP contribution is -2.32. The minimum Gasteiger partial charge on any atom is -0.393 e. The van der Waals surface area contributed by atoms with E-state index in [4.69, 9.17) is 18.0 Å². The topological polar surface area (TPSA) is 55.0 Å². The van der Waals surface area contributed by atoms with Crippen LogP contribution < -0.4 is 10.6 Å². The van der Waals surface area contributed by atoms with E-state index in [1.165, 1.54) is 0 Å². The summed E-state index contributed by atoms with van der Waals surface area (Å²) in [4.78, 5) is 11.3. The SMILES string of the molecule is Cc1ncc(N(C)CC(C)C(N)=S)nc1C. The van der Waals surface area contributed by atoms with E-state index in [-0.39, 0.29) is 5.92 Å². The van der Waals surface area contributed by atoms with Crippen LogP contribution in [0.15, 0.2) is 6.20 Å². The van der Waals surface area contributed by atoms with Crippen LogP contribution in [0.3, 0.4) is 0 Å². The number of hydrogen-bond acceptors (Lipinski definition) is 4. The summed E-state index contributed by atoms with van der Waals surface area (Å²) in [5, 5.41) is 0. The molecule has 16 heavy (non-hydrogen) atoms. The van der Waals surface area contributed by atoms with Crippen LogP contribution >= 0.6 is 12.2 Å². The third-order valence-electron chi connectivity index (χ3n) is 2.60. The molecule has 1 aromatic rings. The molecule has 0 spiro atoms. The monoisotopic (exact) mass is 238 g/mol. The van der Waals surface area contributed by atoms with Crippen molar-refractivity contribution >= 4 is 23.0 Å². The average Bonchev–Trinajstić information content (AvgIpc) is 2.21. The van der Waals surface area contributed by atoms with E-state index < -0.39 is 0 Å². The second-order valence-corrected chi connectivity index (χ2v) is 4.55. The fourth-order valence-corrected chi connectivity index (χ4v) is 1.38. The first kappa shape index (κ1) is 12.8. The van der Waals surface area contributed by atoms with Gasteiger partial charge in [-0.1, -0.05) is 19.1 Å². The number of thiocarbonyl (C=S) groups is 1. The molecule has 0 saturated carbocycles. The second-order valence-electron chi connectivity index (χ2n) is 4.08. The van der Waals surface area contributed by atoms with Gasteiger partial charge in [-0.3, -0.25) is 4.98 Å². The van der Waals surface area contributed by atoms with E-state index in [0.717, 1.165) is 23.8 Å². The lowest BCUT2D eigenvalue weighted by atomic mass is 10.2. The zero-order valence-corrected chi connectivity index (χ0v) is 11.0. The van der Waals surface area contributed by atoms with Crippen LogP contribution in [0.25, 0.3) is 0 Å². The van der Waals surface area contributed by atoms with Gasteiger partial charge in [0, 0.05) is 19.5 Å². The number of hydrogen-bond donors (Lipinski definition) is 1. The van der Waals surface area contributed by atoms with Crippen molar-refractivity contribution in [1.82, 2.24) is 9.97 Å². The van der Waals surface area contributed by atoms with E-state index in [0.29, 0.717) is 4.99 Å². The van der Waals surface area contributed by atoms with Crippen LogP contribution in [0.1, 0.15) is 18.3 Å². The molecule has 0 fully saturated rings. The largest absolute Gasteiger partial charge is 0.393 e. The highest BCUT2D eigenvalue weighted by molar-refractivity contribution is 7.80. The molecule has 0 aromatic carbocycles. The molecule has 0 aliphatic heterocycles. The highest BCUT2D eigenvalue weighted by Gasteiger charge is 2.11. The van der Waals surface area contributed by atoms with Crippen LogP contribution in [0.4, 0.5) is 5.82 Å². The molecule has 5 heteroatoms. The maximum atomic E-state index is 5.59. The Morgan fingerprint density at radius 2 is 2.12 bits per heavy atom. The molecule has 0 bridgehead atoms. The Morgan fingerprint density at radius 3 is 2.62 bits per heavy atom. The normalized spacial score (nSPS) is 12.2. The Balaban J connectivity index is 2.76. The molecule has 4 nitrogen and oxygen atoms in total. The summed E-state index contributed by atoms with van der Waals surface area (Å²) in [6, 6.07) is 0. The van der Waals surface area contributed by atoms with E-state index in [1.807, 2.05) is 32.7 Å². The number of aromatic nitrogens is 2. The average molecular weight is 238 g/mol. The van der Waals surface area contributed by atoms with Gasteiger partial charge in [-0.25, -0.2) is 4.98 Å². The number of nitrogens with two attached hydrogens (primary N) is 1. The smallest absolute Gasteiger partial charge is 0.147 e. The Bertz CT molecular complexity index is 392. The van der Waals surface area contributed by atoms with Crippen molar-refractivity contribution in [3.05, 3.63) is 17.6 Å². The van der Waals surface area contributed by atoms with Crippen LogP contribution in [0.5, 0.6) is 0 Å². The van der Waals surface area contributed by atoms with Crippen molar-refractivity contribution in [2.75, 3.05) is 18.5 Å². The van der Waals surface area contributed by atoms with Crippen molar-refractivity contribution in [2.45, 2.75) is 20.8 Å². The predicted molar refractivity (Wildman–Crippen MR) is 70.7 cm³/mol. The number of rotatable bonds is 4. The summed E-state index contributed by atoms with van der Waals surface area (Å²) in [5.74, 6) is 1.02. The first-order valence-corrected chi connectivity index (χ1v) is 5.63. The van der Waals surface area contributed by atoms with E-state index in [2.05, 4.69) is 9.97 Å². The van der Waals surface area contributed by atoms with Crippen LogP contribution in [0.2, 0.25) is 0 Å². The van der Waals surface area contributed by atoms with Crippen molar-refractivity contribution in [3.8, 4) is 0 Å². The van der Waals surface area contributed by atoms with E-state index in [1.54, 1.807) is 6.20 Å². The molecular formula is C11H18N4S. The first-order chi connectivity index (χ1) is 7.41. The van der Waals surface area contributed by atoms with Gasteiger partial charge in [0.15, 0.2) is 0 Å². The van der Waals surface area contributed by atoms with Gasteiger partial charge in [0.25, 0.3) is 0 Å². The second kappa shape index (κ2) is 5.21. The van der Waals surface area contributed by atoms with Gasteiger partial charge < -0.3 is 10.6 Å². The first-order valence-electron chi connectivity index (χ1n) is 5.22. The summed E-state index contributed by atoms with van der Waals surface area (Å²) in [6.07, 6.45) is 1.77. The quantitative estimate of drug-likeness (QED) is 0.805. The molecule has 0 aliphatic carbocycles. The molecule has 1 unspecified atom stereocenters. The van der Waals surface area contributed by atoms with Gasteiger partial charge in [-0.05, 0) is 13.8 Å². The maximum Gasteiger partial charge on any atom is 0.147 e. The molecular weight excluding hydrogens is 220 g/mol. The molecule has 2 N–H and O–H groups in total. The summed E-state index contributed by atoms with van der Waals surface area (Å²) >= 11 is 4.95. The third kappa shape index (κ3) is 3.13. The van der Waals surface area contributed by atoms with Gasteiger partial charge in [0.1, 0.15) is 5.82 Å². The minimum absolute atomic E-state index is 0.170. The Labute approximate surface area is 102 Å². The Morgan fingerprint density at radius 1 is 1.50 bits per heavy atom. The third-order valence-corrected chi connectivity index (χ3v) is 3.01. The fourth-order valence-electron chi connectivity index (χ4n) is 1.31. The molecule has 0 aliphatic rings. The van der Waals surface area contributed by atoms with Crippen LogP contribution in [-0.4, -0.2) is 28.5 Å². The van der Waals surface area contributed by atoms with E-state index >= 15 is 0 Å². The summed E-state index contributed by atoms with van der Waals surface area (Å²) < 4.78 is 0. The van der Waals surface area contributed by atoms with Crippen molar-refractivity contribution in [1.29, 1.82) is 0 Å². The lowest BCUT2D eigenvalue weighted by molar-refractivity contribution is 0.731. The van der Waals surface area contributed by atoms with Gasteiger partial charge in [-0.2, -0.15) is 0 Å². The van der Waals surface area contributed by atoms with Crippen molar-refractivity contribution < 1.29 is 0 Å². The molecule has 1 aromatic heterocycles. The zero-order valence-electron chi connectivity index (χ0n) is 10.2. The number of anilines is 1. The minimum atomic E-state index is 0.170. The maximum absolute atomic E-state index is 5.59. The Hall–Kier alpha value is -1.23. The molecule has 1 atom stereocenters. The zero-order chi connectivity index (χ0) is 12.3. The van der Waals surface area contributed by atoms with Crippen LogP contribution in [0, 0.1) is 19.8 Å². The molecule has 0 radical (unpaired) electrons. The molecule has 88 valence electrons. The van der Waals surface area contributed by atoms with Crippen molar-refractivity contribution in [3.63, 3.8) is 0 Å². The summed E-state index contributed by atoms with van der Waals surface area (Å²) in [6.45, 7) is 6.67. The molecule has 1 rings (SSSR count). The molecule has 0 amide bonds. The highest BCUT2D eigenvalue weighted by atomic mass is 32.1. The Kier molecular flexibility index (Phi) is 4.18. The fraction of sp³-hybridized carbons (Fsp3) is 0.545. The standard InChI is InChI=1S/C11H18N4S/c1-7(11(12)16)6-15(4)10-5-13-8(2)9(3)14-10/h5,7H,6H2,1-4H3,(H2,12,16). The van der Waals surface area contributed by atoms with Gasteiger partial charge in [0.05, 0.1) is 22.6 Å². The summed E-state index contributed by atoms with van der Waals surface area (Å²) in [7, 11) is 1.97. The molecule has 1 heterocycles. The lowest BCUT2D eigenvalue weighted by Gasteiger charge is -2.22. The molecule has 0 saturated heterocycles. The van der Waals surface area contributed by atoms with E-state index in [9.17, 15) is 0 Å². The van der Waals surface area contributed by atoms with Crippen molar-refractivity contribution in [2.24, 2.45) is 11.7 Å². The highest BCUT2D eigenvalue weighted by Crippen LogP contribution is 2.11. The van der Waals surface area contributed by atoms with Gasteiger partial charge in [0.2, 0.25) is 0 Å². The van der Waals surface area contributed by atoms with Crippen LogP contribution in [-0.2, 0) is 0 Å². The number of nitrogens with zero attached hydrogens (tertiary/aromatic N) is 3. The summed E-state index contributed by atoms with van der Waals surface area (Å²) in [5.41, 5.74) is 7.49. The van der Waals surface area contributed by atoms with Gasteiger partial charge in [-0.15, -0.1) is 0 Å². The van der Waals surface area contributed by atoms with Gasteiger partial charge >= 0.3 is 0 Å². The number of aryl methyl sites for hydroxylation is 2. The predicted octanol–water partition coefficient (Wildman–Crippen LogP) is 1.45.